The minimum Gasteiger partial charge on any atom is -0.480 e. The summed E-state index contributed by atoms with van der Waals surface area (Å²) in [5.41, 5.74) is 3.70. The third-order valence-corrected chi connectivity index (χ3v) is 6.52. The van der Waals surface area contributed by atoms with Gasteiger partial charge in [0.25, 0.3) is 0 Å². The van der Waals surface area contributed by atoms with Crippen LogP contribution in [-0.4, -0.2) is 41.3 Å². The number of hydrogen-bond acceptors (Lipinski definition) is 3. The molecule has 0 fully saturated rings. The van der Waals surface area contributed by atoms with Crippen molar-refractivity contribution >= 4 is 12.1 Å². The van der Waals surface area contributed by atoms with Crippen molar-refractivity contribution in [3.63, 3.8) is 0 Å². The summed E-state index contributed by atoms with van der Waals surface area (Å²) >= 11 is 0. The molecule has 0 heterocycles. The van der Waals surface area contributed by atoms with Gasteiger partial charge in [-0.15, -0.1) is 6.58 Å². The van der Waals surface area contributed by atoms with Gasteiger partial charge in [-0.1, -0.05) is 66.7 Å². The summed E-state index contributed by atoms with van der Waals surface area (Å²) in [5, 5.41) is 9.92. The van der Waals surface area contributed by atoms with Crippen LogP contribution < -0.4 is 0 Å². The molecule has 1 atom stereocenters. The van der Waals surface area contributed by atoms with Crippen LogP contribution in [0.25, 0.3) is 11.1 Å². The molecule has 0 bridgehead atoms. The number of carbonyl (C=O) groups is 2. The molecule has 4 rings (SSSR count). The summed E-state index contributed by atoms with van der Waals surface area (Å²) < 4.78 is 44.4. The van der Waals surface area contributed by atoms with Gasteiger partial charge in [-0.3, -0.25) is 4.90 Å². The molecule has 0 spiro atoms. The molecule has 37 heavy (non-hydrogen) atoms. The average Bonchev–Trinajstić information content (AvgIpc) is 3.20. The van der Waals surface area contributed by atoms with Crippen molar-refractivity contribution in [2.24, 2.45) is 0 Å². The Morgan fingerprint density at radius 3 is 2.05 bits per heavy atom. The predicted molar refractivity (Wildman–Crippen MR) is 133 cm³/mol. The van der Waals surface area contributed by atoms with E-state index in [-0.39, 0.29) is 25.5 Å². The zero-order chi connectivity index (χ0) is 26.6. The fraction of sp³-hybridized carbons (Fsp3) is 0.241. The first-order valence-electron chi connectivity index (χ1n) is 11.8. The van der Waals surface area contributed by atoms with Crippen molar-refractivity contribution in [2.75, 3.05) is 13.2 Å². The number of ether oxygens (including phenoxy) is 1. The van der Waals surface area contributed by atoms with E-state index in [0.717, 1.165) is 39.3 Å². The maximum absolute atomic E-state index is 13.2. The van der Waals surface area contributed by atoms with E-state index in [2.05, 4.69) is 6.58 Å². The van der Waals surface area contributed by atoms with Gasteiger partial charge in [-0.2, -0.15) is 13.2 Å². The van der Waals surface area contributed by atoms with E-state index in [4.69, 9.17) is 4.74 Å². The molecule has 0 saturated heterocycles. The lowest BCUT2D eigenvalue weighted by Crippen LogP contribution is -2.47. The zero-order valence-corrected chi connectivity index (χ0v) is 19.9. The highest BCUT2D eigenvalue weighted by molar-refractivity contribution is 5.81. The number of benzene rings is 3. The van der Waals surface area contributed by atoms with Crippen molar-refractivity contribution in [3.8, 4) is 11.1 Å². The summed E-state index contributed by atoms with van der Waals surface area (Å²) in [6, 6.07) is 18.6. The van der Waals surface area contributed by atoms with Gasteiger partial charge in [0.2, 0.25) is 0 Å². The summed E-state index contributed by atoms with van der Waals surface area (Å²) in [4.78, 5) is 26.5. The first-order chi connectivity index (χ1) is 17.7. The van der Waals surface area contributed by atoms with E-state index in [9.17, 15) is 27.9 Å². The van der Waals surface area contributed by atoms with Crippen LogP contribution in [0.3, 0.4) is 0 Å². The van der Waals surface area contributed by atoms with E-state index in [1.165, 1.54) is 12.1 Å². The number of aliphatic carboxylic acids is 1. The van der Waals surface area contributed by atoms with Crippen LogP contribution in [0.1, 0.15) is 34.6 Å². The van der Waals surface area contributed by atoms with Crippen LogP contribution in [0.15, 0.2) is 85.5 Å². The fourth-order valence-electron chi connectivity index (χ4n) is 4.67. The SMILES string of the molecule is C=CCCN(C(=O)OCC1c2ccccc2-c2ccccc21)[C@@H](Cc1ccc(C(F)(F)F)cc1)C(=O)O. The van der Waals surface area contributed by atoms with Crippen LogP contribution in [0.5, 0.6) is 0 Å². The fourth-order valence-corrected chi connectivity index (χ4v) is 4.67. The highest BCUT2D eigenvalue weighted by Crippen LogP contribution is 2.44. The lowest BCUT2D eigenvalue weighted by atomic mass is 9.98. The molecule has 0 saturated carbocycles. The zero-order valence-electron chi connectivity index (χ0n) is 19.9. The minimum atomic E-state index is -4.50. The highest BCUT2D eigenvalue weighted by atomic mass is 19.4. The van der Waals surface area contributed by atoms with Crippen molar-refractivity contribution in [1.82, 2.24) is 4.90 Å². The molecule has 0 radical (unpaired) electrons. The van der Waals surface area contributed by atoms with Gasteiger partial charge in [-0.25, -0.2) is 9.59 Å². The Kier molecular flexibility index (Phi) is 7.66. The molecule has 1 amide bonds. The van der Waals surface area contributed by atoms with Gasteiger partial charge in [0, 0.05) is 18.9 Å². The molecule has 8 heteroatoms. The molecule has 1 aliphatic rings. The average molecular weight is 510 g/mol. The molecule has 3 aromatic carbocycles. The van der Waals surface area contributed by atoms with Gasteiger partial charge in [0.1, 0.15) is 12.6 Å². The van der Waals surface area contributed by atoms with E-state index in [1.807, 2.05) is 48.5 Å². The van der Waals surface area contributed by atoms with Gasteiger partial charge < -0.3 is 9.84 Å². The van der Waals surface area contributed by atoms with Gasteiger partial charge in [-0.05, 0) is 46.4 Å². The summed E-state index contributed by atoms with van der Waals surface area (Å²) in [6.07, 6.45) is -3.60. The Labute approximate surface area is 212 Å². The number of nitrogens with zero attached hydrogens (tertiary/aromatic N) is 1. The molecule has 192 valence electrons. The number of fused-ring (bicyclic) bond motifs is 3. The van der Waals surface area contributed by atoms with E-state index >= 15 is 0 Å². The van der Waals surface area contributed by atoms with Crippen LogP contribution in [0, 0.1) is 0 Å². The van der Waals surface area contributed by atoms with Gasteiger partial charge in [0.15, 0.2) is 0 Å². The topological polar surface area (TPSA) is 66.8 Å². The normalized spacial score (nSPS) is 13.4. The molecular weight excluding hydrogens is 483 g/mol. The number of hydrogen-bond donors (Lipinski definition) is 1. The molecule has 0 aromatic heterocycles. The summed E-state index contributed by atoms with van der Waals surface area (Å²) in [6.45, 7) is 3.70. The second-order valence-electron chi connectivity index (χ2n) is 8.83. The molecule has 3 aromatic rings. The number of carbonyl (C=O) groups excluding carboxylic acids is 1. The Morgan fingerprint density at radius 2 is 1.54 bits per heavy atom. The van der Waals surface area contributed by atoms with Crippen molar-refractivity contribution < 1.29 is 32.6 Å². The molecule has 5 nitrogen and oxygen atoms in total. The van der Waals surface area contributed by atoms with Crippen LogP contribution in [0.2, 0.25) is 0 Å². The maximum Gasteiger partial charge on any atom is 0.416 e. The number of carboxylic acids is 1. The Bertz CT molecular complexity index is 1240. The Hall–Kier alpha value is -4.07. The molecule has 0 aliphatic heterocycles. The number of alkyl halides is 3. The van der Waals surface area contributed by atoms with Crippen molar-refractivity contribution in [3.05, 3.63) is 108 Å². The highest BCUT2D eigenvalue weighted by Gasteiger charge is 2.34. The van der Waals surface area contributed by atoms with Crippen LogP contribution in [-0.2, 0) is 22.1 Å². The number of rotatable bonds is 9. The Balaban J connectivity index is 1.53. The summed E-state index contributed by atoms with van der Waals surface area (Å²) in [7, 11) is 0. The van der Waals surface area contributed by atoms with Crippen molar-refractivity contribution in [2.45, 2.75) is 31.0 Å². The van der Waals surface area contributed by atoms with Crippen LogP contribution in [0.4, 0.5) is 18.0 Å². The van der Waals surface area contributed by atoms with E-state index < -0.39 is 29.8 Å². The predicted octanol–water partition coefficient (Wildman–Crippen LogP) is 6.53. The lowest BCUT2D eigenvalue weighted by molar-refractivity contribution is -0.143. The van der Waals surface area contributed by atoms with E-state index in [0.29, 0.717) is 12.0 Å². The van der Waals surface area contributed by atoms with Gasteiger partial charge >= 0.3 is 18.2 Å². The molecular formula is C29H26F3NO4. The van der Waals surface area contributed by atoms with Gasteiger partial charge in [0.05, 0.1) is 5.56 Å². The molecule has 0 unspecified atom stereocenters. The quantitative estimate of drug-likeness (QED) is 0.333. The molecule has 1 aliphatic carbocycles. The monoisotopic (exact) mass is 509 g/mol. The molecule has 1 N–H and O–H groups in total. The standard InChI is InChI=1S/C29H26F3NO4/c1-2-3-16-33(26(27(34)35)17-19-12-14-20(15-13-19)29(30,31)32)28(36)37-18-25-23-10-6-4-8-21(23)22-9-5-7-11-24(22)25/h2,4-15,25-26H,1,3,16-18H2,(H,34,35)/t26-/m0/s1. The number of amides is 1. The third kappa shape index (κ3) is 5.69. The first kappa shape index (κ1) is 26.0. The summed E-state index contributed by atoms with van der Waals surface area (Å²) in [5.74, 6) is -1.48. The van der Waals surface area contributed by atoms with Crippen molar-refractivity contribution in [1.29, 1.82) is 0 Å². The number of halogens is 3. The minimum absolute atomic E-state index is 0.0179. The number of carboxylic acid groups (broad SMARTS) is 1. The smallest absolute Gasteiger partial charge is 0.416 e. The Morgan fingerprint density at radius 1 is 0.973 bits per heavy atom. The largest absolute Gasteiger partial charge is 0.480 e. The lowest BCUT2D eigenvalue weighted by Gasteiger charge is -2.29. The third-order valence-electron chi connectivity index (χ3n) is 6.52. The van der Waals surface area contributed by atoms with Crippen LogP contribution >= 0.6 is 0 Å². The maximum atomic E-state index is 13.2. The first-order valence-corrected chi connectivity index (χ1v) is 11.8. The van der Waals surface area contributed by atoms with E-state index in [1.54, 1.807) is 6.08 Å². The second-order valence-corrected chi connectivity index (χ2v) is 8.83. The second kappa shape index (κ2) is 10.9.